The standard InChI is InChI=1S/C27H21ClFN3O2/c28-19-12-22-21(23(29)13-19)9-10-25(22)32(15-17-6-1-3-7-20(17)26(30)33)27(34)18-11-16-5-2-4-8-24(16)31-14-18/h1-8,11-14,25H,9-10,15H2,(H2,30,33)/t25-/m1/s1. The maximum atomic E-state index is 14.6. The van der Waals surface area contributed by atoms with E-state index >= 15 is 0 Å². The Bertz CT molecular complexity index is 1440. The zero-order valence-electron chi connectivity index (χ0n) is 18.2. The van der Waals surface area contributed by atoms with Gasteiger partial charge in [-0.1, -0.05) is 48.0 Å². The predicted molar refractivity (Wildman–Crippen MR) is 129 cm³/mol. The van der Waals surface area contributed by atoms with Gasteiger partial charge in [-0.3, -0.25) is 14.6 Å². The molecule has 5 rings (SSSR count). The number of aromatic nitrogens is 1. The minimum absolute atomic E-state index is 0.128. The van der Waals surface area contributed by atoms with Crippen molar-refractivity contribution < 1.29 is 14.0 Å². The summed E-state index contributed by atoms with van der Waals surface area (Å²) in [4.78, 5) is 32.0. The molecule has 34 heavy (non-hydrogen) atoms. The number of hydrogen-bond donors (Lipinski definition) is 1. The van der Waals surface area contributed by atoms with E-state index in [9.17, 15) is 14.0 Å². The smallest absolute Gasteiger partial charge is 0.256 e. The first-order valence-electron chi connectivity index (χ1n) is 10.9. The van der Waals surface area contributed by atoms with Crippen LogP contribution in [0.5, 0.6) is 0 Å². The average Bonchev–Trinajstić information content (AvgIpc) is 3.25. The molecule has 0 radical (unpaired) electrons. The van der Waals surface area contributed by atoms with E-state index < -0.39 is 11.9 Å². The maximum absolute atomic E-state index is 14.6. The number of halogens is 2. The van der Waals surface area contributed by atoms with E-state index in [-0.39, 0.29) is 23.3 Å². The highest BCUT2D eigenvalue weighted by atomic mass is 35.5. The topological polar surface area (TPSA) is 76.3 Å². The zero-order chi connectivity index (χ0) is 23.8. The summed E-state index contributed by atoms with van der Waals surface area (Å²) >= 11 is 6.17. The van der Waals surface area contributed by atoms with E-state index in [0.717, 1.165) is 10.9 Å². The van der Waals surface area contributed by atoms with Gasteiger partial charge in [0.15, 0.2) is 0 Å². The van der Waals surface area contributed by atoms with E-state index in [1.54, 1.807) is 47.5 Å². The second-order valence-electron chi connectivity index (χ2n) is 8.38. The Morgan fingerprint density at radius 2 is 1.85 bits per heavy atom. The first-order chi connectivity index (χ1) is 16.4. The summed E-state index contributed by atoms with van der Waals surface area (Å²) in [5, 5.41) is 1.12. The van der Waals surface area contributed by atoms with Crippen molar-refractivity contribution in [1.29, 1.82) is 0 Å². The molecule has 2 N–H and O–H groups in total. The molecule has 1 aliphatic rings. The molecular formula is C27H21ClFN3O2. The van der Waals surface area contributed by atoms with Gasteiger partial charge in [-0.2, -0.15) is 0 Å². The largest absolute Gasteiger partial charge is 0.366 e. The van der Waals surface area contributed by atoms with Gasteiger partial charge in [0.1, 0.15) is 5.82 Å². The van der Waals surface area contributed by atoms with E-state index in [1.165, 1.54) is 6.07 Å². The molecule has 1 atom stereocenters. The lowest BCUT2D eigenvalue weighted by Gasteiger charge is -2.31. The molecule has 3 aromatic carbocycles. The van der Waals surface area contributed by atoms with Gasteiger partial charge >= 0.3 is 0 Å². The van der Waals surface area contributed by atoms with Crippen LogP contribution in [0, 0.1) is 5.82 Å². The van der Waals surface area contributed by atoms with Crippen LogP contribution in [0.2, 0.25) is 5.02 Å². The summed E-state index contributed by atoms with van der Waals surface area (Å²) < 4.78 is 14.6. The van der Waals surface area contributed by atoms with E-state index in [1.807, 2.05) is 24.3 Å². The second kappa shape index (κ2) is 8.88. The number of rotatable bonds is 5. The van der Waals surface area contributed by atoms with Gasteiger partial charge in [-0.15, -0.1) is 0 Å². The van der Waals surface area contributed by atoms with Crippen LogP contribution in [0.3, 0.4) is 0 Å². The molecule has 4 aromatic rings. The molecule has 2 amide bonds. The van der Waals surface area contributed by atoms with Crippen molar-refractivity contribution in [1.82, 2.24) is 9.88 Å². The lowest BCUT2D eigenvalue weighted by Crippen LogP contribution is -2.34. The summed E-state index contributed by atoms with van der Waals surface area (Å²) in [5.74, 6) is -1.21. The van der Waals surface area contributed by atoms with Crippen LogP contribution in [0.4, 0.5) is 4.39 Å². The van der Waals surface area contributed by atoms with Gasteiger partial charge < -0.3 is 10.6 Å². The number of para-hydroxylation sites is 1. The third kappa shape index (κ3) is 4.01. The molecule has 0 spiro atoms. The van der Waals surface area contributed by atoms with Gasteiger partial charge in [-0.25, -0.2) is 4.39 Å². The second-order valence-corrected chi connectivity index (χ2v) is 8.82. The molecule has 0 aliphatic heterocycles. The Morgan fingerprint density at radius 1 is 1.09 bits per heavy atom. The minimum Gasteiger partial charge on any atom is -0.366 e. The molecule has 0 unspecified atom stereocenters. The number of hydrogen-bond acceptors (Lipinski definition) is 3. The van der Waals surface area contributed by atoms with Crippen LogP contribution >= 0.6 is 11.6 Å². The number of benzene rings is 3. The van der Waals surface area contributed by atoms with Crippen molar-refractivity contribution in [2.24, 2.45) is 5.73 Å². The highest BCUT2D eigenvalue weighted by molar-refractivity contribution is 6.30. The number of carbonyl (C=O) groups excluding carboxylic acids is 2. The van der Waals surface area contributed by atoms with Gasteiger partial charge in [0, 0.05) is 28.7 Å². The normalized spacial score (nSPS) is 14.7. The zero-order valence-corrected chi connectivity index (χ0v) is 18.9. The van der Waals surface area contributed by atoms with Crippen molar-refractivity contribution in [2.75, 3.05) is 0 Å². The molecule has 1 aromatic heterocycles. The number of fused-ring (bicyclic) bond motifs is 2. The van der Waals surface area contributed by atoms with Crippen molar-refractivity contribution >= 4 is 34.3 Å². The van der Waals surface area contributed by atoms with Crippen LogP contribution in [-0.2, 0) is 13.0 Å². The first kappa shape index (κ1) is 22.0. The Kier molecular flexibility index (Phi) is 5.75. The molecule has 5 nitrogen and oxygen atoms in total. The Hall–Kier alpha value is -3.77. The molecule has 0 saturated carbocycles. The van der Waals surface area contributed by atoms with Crippen LogP contribution in [0.25, 0.3) is 10.9 Å². The van der Waals surface area contributed by atoms with Crippen LogP contribution in [0.1, 0.15) is 49.9 Å². The Morgan fingerprint density at radius 3 is 2.68 bits per heavy atom. The molecule has 0 fully saturated rings. The van der Waals surface area contributed by atoms with Crippen LogP contribution in [0.15, 0.2) is 72.9 Å². The van der Waals surface area contributed by atoms with E-state index in [2.05, 4.69) is 4.98 Å². The minimum atomic E-state index is -0.573. The Balaban J connectivity index is 1.61. The first-order valence-corrected chi connectivity index (χ1v) is 11.3. The maximum Gasteiger partial charge on any atom is 0.256 e. The molecule has 1 aliphatic carbocycles. The fraction of sp³-hybridized carbons (Fsp3) is 0.148. The van der Waals surface area contributed by atoms with Gasteiger partial charge in [0.05, 0.1) is 17.1 Å². The van der Waals surface area contributed by atoms with Gasteiger partial charge in [0.2, 0.25) is 5.91 Å². The third-order valence-electron chi connectivity index (χ3n) is 6.32. The summed E-state index contributed by atoms with van der Waals surface area (Å²) in [6.07, 6.45) is 2.57. The van der Waals surface area contributed by atoms with Gasteiger partial charge in [-0.05, 0) is 59.9 Å². The Labute approximate surface area is 201 Å². The number of amides is 2. The predicted octanol–water partition coefficient (Wildman–Crippen LogP) is 5.46. The van der Waals surface area contributed by atoms with Crippen LogP contribution in [-0.4, -0.2) is 21.7 Å². The number of primary amides is 1. The van der Waals surface area contributed by atoms with Gasteiger partial charge in [0.25, 0.3) is 5.91 Å². The van der Waals surface area contributed by atoms with Crippen molar-refractivity contribution in [3.8, 4) is 0 Å². The quantitative estimate of drug-likeness (QED) is 0.418. The number of carbonyl (C=O) groups is 2. The molecule has 7 heteroatoms. The molecular weight excluding hydrogens is 453 g/mol. The highest BCUT2D eigenvalue weighted by Crippen LogP contribution is 2.40. The van der Waals surface area contributed by atoms with E-state index in [4.69, 9.17) is 17.3 Å². The SMILES string of the molecule is NC(=O)c1ccccc1CN(C(=O)c1cnc2ccccc2c1)[C@@H]1CCc2c(F)cc(Cl)cc21. The molecule has 0 bridgehead atoms. The summed E-state index contributed by atoms with van der Waals surface area (Å²) in [6.45, 7) is 0.128. The van der Waals surface area contributed by atoms with Crippen molar-refractivity contribution in [3.05, 3.63) is 112 Å². The lowest BCUT2D eigenvalue weighted by atomic mass is 10.0. The lowest BCUT2D eigenvalue weighted by molar-refractivity contribution is 0.0656. The fourth-order valence-corrected chi connectivity index (χ4v) is 4.92. The fourth-order valence-electron chi connectivity index (χ4n) is 4.70. The molecule has 170 valence electrons. The average molecular weight is 474 g/mol. The monoisotopic (exact) mass is 473 g/mol. The number of nitrogens with zero attached hydrogens (tertiary/aromatic N) is 2. The summed E-state index contributed by atoms with van der Waals surface area (Å²) in [7, 11) is 0. The van der Waals surface area contributed by atoms with Crippen molar-refractivity contribution in [2.45, 2.75) is 25.4 Å². The summed E-state index contributed by atoms with van der Waals surface area (Å²) in [6, 6.07) is 18.9. The van der Waals surface area contributed by atoms with Crippen molar-refractivity contribution in [3.63, 3.8) is 0 Å². The van der Waals surface area contributed by atoms with Crippen LogP contribution < -0.4 is 5.73 Å². The highest BCUT2D eigenvalue weighted by Gasteiger charge is 2.34. The van der Waals surface area contributed by atoms with E-state index in [0.29, 0.717) is 40.7 Å². The summed E-state index contributed by atoms with van der Waals surface area (Å²) in [5.41, 5.74) is 8.99. The molecule has 0 saturated heterocycles. The third-order valence-corrected chi connectivity index (χ3v) is 6.54. The molecule has 1 heterocycles. The number of nitrogens with two attached hydrogens (primary N) is 1. The number of pyridine rings is 1.